The SMILES string of the molecule is CCOC(=O)C1=CC(O)N2N=CN(C)C2=N1. The van der Waals surface area contributed by atoms with Gasteiger partial charge in [-0.15, -0.1) is 0 Å². The summed E-state index contributed by atoms with van der Waals surface area (Å²) in [5.41, 5.74) is 0.0953. The molecule has 2 aliphatic rings. The number of aliphatic hydroxyl groups is 1. The van der Waals surface area contributed by atoms with E-state index in [1.165, 1.54) is 17.4 Å². The molecule has 2 aliphatic heterocycles. The van der Waals surface area contributed by atoms with E-state index in [1.807, 2.05) is 0 Å². The van der Waals surface area contributed by atoms with Crippen molar-refractivity contribution in [2.75, 3.05) is 13.7 Å². The first-order chi connectivity index (χ1) is 7.63. The maximum absolute atomic E-state index is 11.5. The zero-order chi connectivity index (χ0) is 11.7. The molecule has 0 aliphatic carbocycles. The number of carbonyl (C=O) groups is 1. The second-order valence-electron chi connectivity index (χ2n) is 3.28. The molecule has 0 aromatic rings. The van der Waals surface area contributed by atoms with Gasteiger partial charge in [-0.3, -0.25) is 0 Å². The van der Waals surface area contributed by atoms with Crippen molar-refractivity contribution in [1.29, 1.82) is 0 Å². The third-order valence-electron chi connectivity index (χ3n) is 2.13. The Morgan fingerprint density at radius 2 is 2.44 bits per heavy atom. The molecule has 1 atom stereocenters. The Morgan fingerprint density at radius 1 is 1.69 bits per heavy atom. The summed E-state index contributed by atoms with van der Waals surface area (Å²) in [6, 6.07) is 0. The van der Waals surface area contributed by atoms with E-state index >= 15 is 0 Å². The average Bonchev–Trinajstić information content (AvgIpc) is 2.61. The number of ether oxygens (including phenoxy) is 1. The number of hydrogen-bond donors (Lipinski definition) is 1. The number of nitrogens with zero attached hydrogens (tertiary/aromatic N) is 4. The van der Waals surface area contributed by atoms with Gasteiger partial charge in [-0.2, -0.15) is 10.1 Å². The van der Waals surface area contributed by atoms with Gasteiger partial charge in [-0.25, -0.2) is 9.79 Å². The number of aliphatic hydroxyl groups excluding tert-OH is 1. The summed E-state index contributed by atoms with van der Waals surface area (Å²) >= 11 is 0. The van der Waals surface area contributed by atoms with Crippen molar-refractivity contribution in [1.82, 2.24) is 9.91 Å². The van der Waals surface area contributed by atoms with Gasteiger partial charge in [0.1, 0.15) is 6.34 Å². The lowest BCUT2D eigenvalue weighted by atomic mass is 10.3. The Balaban J connectivity index is 2.24. The maximum Gasteiger partial charge on any atom is 0.356 e. The van der Waals surface area contributed by atoms with Crippen molar-refractivity contribution in [3.8, 4) is 0 Å². The number of aliphatic imine (C=N–C) groups is 1. The second-order valence-corrected chi connectivity index (χ2v) is 3.28. The second kappa shape index (κ2) is 3.93. The van der Waals surface area contributed by atoms with Crippen LogP contribution in [0.5, 0.6) is 0 Å². The van der Waals surface area contributed by atoms with Gasteiger partial charge in [0.2, 0.25) is 5.96 Å². The highest BCUT2D eigenvalue weighted by atomic mass is 16.5. The normalized spacial score (nSPS) is 22.8. The third-order valence-corrected chi connectivity index (χ3v) is 2.13. The van der Waals surface area contributed by atoms with Gasteiger partial charge in [0.05, 0.1) is 6.61 Å². The average molecular weight is 224 g/mol. The van der Waals surface area contributed by atoms with Crippen LogP contribution in [0, 0.1) is 0 Å². The lowest BCUT2D eigenvalue weighted by molar-refractivity contribution is -0.138. The summed E-state index contributed by atoms with van der Waals surface area (Å²) in [6.45, 7) is 1.98. The fourth-order valence-corrected chi connectivity index (χ4v) is 1.39. The molecule has 0 fully saturated rings. The van der Waals surface area contributed by atoms with E-state index < -0.39 is 12.2 Å². The summed E-state index contributed by atoms with van der Waals surface area (Å²) < 4.78 is 4.81. The van der Waals surface area contributed by atoms with Gasteiger partial charge < -0.3 is 14.7 Å². The van der Waals surface area contributed by atoms with Crippen molar-refractivity contribution >= 4 is 18.3 Å². The van der Waals surface area contributed by atoms with Crippen molar-refractivity contribution in [3.63, 3.8) is 0 Å². The number of esters is 1. The molecule has 7 nitrogen and oxygen atoms in total. The molecule has 1 N–H and O–H groups in total. The highest BCUT2D eigenvalue weighted by Gasteiger charge is 2.31. The summed E-state index contributed by atoms with van der Waals surface area (Å²) in [7, 11) is 1.73. The van der Waals surface area contributed by atoms with E-state index in [1.54, 1.807) is 18.9 Å². The van der Waals surface area contributed by atoms with E-state index in [-0.39, 0.29) is 12.3 Å². The smallest absolute Gasteiger partial charge is 0.356 e. The predicted octanol–water partition coefficient (Wildman–Crippen LogP) is -0.688. The molecule has 0 saturated heterocycles. The van der Waals surface area contributed by atoms with Crippen LogP contribution in [0.25, 0.3) is 0 Å². The van der Waals surface area contributed by atoms with E-state index in [0.29, 0.717) is 5.96 Å². The van der Waals surface area contributed by atoms with E-state index in [2.05, 4.69) is 10.1 Å². The topological polar surface area (TPSA) is 77.7 Å². The first kappa shape index (κ1) is 10.6. The number of hydrazone groups is 1. The molecule has 2 heterocycles. The number of carbonyl (C=O) groups excluding carboxylic acids is 1. The van der Waals surface area contributed by atoms with Crippen molar-refractivity contribution in [3.05, 3.63) is 11.8 Å². The molecule has 0 radical (unpaired) electrons. The minimum Gasteiger partial charge on any atom is -0.461 e. The van der Waals surface area contributed by atoms with Crippen molar-refractivity contribution < 1.29 is 14.6 Å². The zero-order valence-corrected chi connectivity index (χ0v) is 8.99. The minimum atomic E-state index is -0.992. The summed E-state index contributed by atoms with van der Waals surface area (Å²) in [5.74, 6) is -0.146. The van der Waals surface area contributed by atoms with E-state index in [0.717, 1.165) is 0 Å². The molecule has 1 unspecified atom stereocenters. The van der Waals surface area contributed by atoms with Gasteiger partial charge in [0.15, 0.2) is 11.9 Å². The van der Waals surface area contributed by atoms with Crippen LogP contribution >= 0.6 is 0 Å². The number of hydrogen-bond acceptors (Lipinski definition) is 7. The van der Waals surface area contributed by atoms with Gasteiger partial charge in [0.25, 0.3) is 0 Å². The fraction of sp³-hybridized carbons (Fsp3) is 0.444. The van der Waals surface area contributed by atoms with Crippen molar-refractivity contribution in [2.45, 2.75) is 13.2 Å². The Hall–Kier alpha value is -1.89. The predicted molar refractivity (Wildman–Crippen MR) is 56.3 cm³/mol. The minimum absolute atomic E-state index is 0.0953. The molecule has 7 heteroatoms. The number of rotatable bonds is 2. The van der Waals surface area contributed by atoms with E-state index in [9.17, 15) is 9.90 Å². The molecule has 86 valence electrons. The first-order valence-corrected chi connectivity index (χ1v) is 4.85. The number of guanidine groups is 1. The lowest BCUT2D eigenvalue weighted by Gasteiger charge is -2.25. The van der Waals surface area contributed by atoms with Crippen LogP contribution in [-0.4, -0.2) is 53.2 Å². The Labute approximate surface area is 92.3 Å². The first-order valence-electron chi connectivity index (χ1n) is 4.85. The summed E-state index contributed by atoms with van der Waals surface area (Å²) in [6.07, 6.45) is 1.82. The van der Waals surface area contributed by atoms with E-state index in [4.69, 9.17) is 4.74 Å². The van der Waals surface area contributed by atoms with Gasteiger partial charge in [0, 0.05) is 7.05 Å². The van der Waals surface area contributed by atoms with Crippen LogP contribution in [0.1, 0.15) is 6.92 Å². The quantitative estimate of drug-likeness (QED) is 0.628. The molecule has 0 spiro atoms. The largest absolute Gasteiger partial charge is 0.461 e. The van der Waals surface area contributed by atoms with Crippen LogP contribution in [0.2, 0.25) is 0 Å². The zero-order valence-electron chi connectivity index (χ0n) is 8.99. The lowest BCUT2D eigenvalue weighted by Crippen LogP contribution is -2.41. The monoisotopic (exact) mass is 224 g/mol. The van der Waals surface area contributed by atoms with Crippen LogP contribution in [0.4, 0.5) is 0 Å². The highest BCUT2D eigenvalue weighted by Crippen LogP contribution is 2.18. The van der Waals surface area contributed by atoms with Crippen LogP contribution in [0.3, 0.4) is 0 Å². The molecule has 0 aromatic heterocycles. The Kier molecular flexibility index (Phi) is 2.61. The standard InChI is InChI=1S/C9H12N4O3/c1-3-16-8(15)6-4-7(14)13-9(11-6)12(2)5-10-13/h4-5,7,14H,3H2,1-2H3. The molecule has 0 aromatic carbocycles. The summed E-state index contributed by atoms with van der Waals surface area (Å²) in [4.78, 5) is 17.1. The van der Waals surface area contributed by atoms with Crippen LogP contribution in [-0.2, 0) is 9.53 Å². The fourth-order valence-electron chi connectivity index (χ4n) is 1.39. The van der Waals surface area contributed by atoms with Gasteiger partial charge >= 0.3 is 5.97 Å². The molecular weight excluding hydrogens is 212 g/mol. The van der Waals surface area contributed by atoms with Gasteiger partial charge in [-0.05, 0) is 13.0 Å². The molecule has 2 rings (SSSR count). The third kappa shape index (κ3) is 1.65. The Morgan fingerprint density at radius 3 is 3.12 bits per heavy atom. The molecule has 16 heavy (non-hydrogen) atoms. The molecule has 0 amide bonds. The van der Waals surface area contributed by atoms with Crippen LogP contribution in [0.15, 0.2) is 21.9 Å². The Bertz CT molecular complexity index is 402. The molecule has 0 bridgehead atoms. The van der Waals surface area contributed by atoms with Crippen molar-refractivity contribution in [2.24, 2.45) is 10.1 Å². The highest BCUT2D eigenvalue weighted by molar-refractivity contribution is 5.99. The number of fused-ring (bicyclic) bond motifs is 1. The van der Waals surface area contributed by atoms with Crippen LogP contribution < -0.4 is 0 Å². The molecule has 0 saturated carbocycles. The maximum atomic E-state index is 11.5. The summed E-state index contributed by atoms with van der Waals surface area (Å²) in [5, 5.41) is 14.9. The van der Waals surface area contributed by atoms with Gasteiger partial charge in [-0.1, -0.05) is 0 Å². The molecular formula is C9H12N4O3.